The molecule has 0 bridgehead atoms. The summed E-state index contributed by atoms with van der Waals surface area (Å²) in [5, 5.41) is 0. The van der Waals surface area contributed by atoms with E-state index >= 15 is 0 Å². The number of pyridine rings is 1. The second-order valence-corrected chi connectivity index (χ2v) is 7.45. The zero-order valence-electron chi connectivity index (χ0n) is 15.9. The van der Waals surface area contributed by atoms with Gasteiger partial charge in [-0.15, -0.1) is 11.8 Å². The lowest BCUT2D eigenvalue weighted by Gasteiger charge is -2.22. The number of hydrogen-bond donors (Lipinski definition) is 0. The maximum Gasteiger partial charge on any atom is 0.185 e. The minimum Gasteiger partial charge on any atom is -0.309 e. The number of nitrogens with zero attached hydrogens (tertiary/aromatic N) is 1. The van der Waals surface area contributed by atoms with Crippen LogP contribution in [0.15, 0.2) is 101 Å². The Morgan fingerprint density at radius 2 is 1.39 bits per heavy atom. The number of thioether (sulfide) groups is 1. The molecule has 0 unspecified atom stereocenters. The maximum atomic E-state index is 13.0. The zero-order valence-corrected chi connectivity index (χ0v) is 16.7. The highest BCUT2D eigenvalue weighted by Gasteiger charge is 2.18. The van der Waals surface area contributed by atoms with Crippen LogP contribution >= 0.6 is 11.8 Å². The smallest absolute Gasteiger partial charge is 0.185 e. The molecule has 1 heterocycles. The number of para-hydroxylation sites is 1. The summed E-state index contributed by atoms with van der Waals surface area (Å²) in [4.78, 5) is 14.1. The lowest BCUT2D eigenvalue weighted by atomic mass is 10.0. The summed E-state index contributed by atoms with van der Waals surface area (Å²) in [7, 11) is 0. The van der Waals surface area contributed by atoms with Crippen molar-refractivity contribution in [3.05, 3.63) is 107 Å². The topological polar surface area (TPSA) is 22.0 Å². The Morgan fingerprint density at radius 3 is 2.07 bits per heavy atom. The molecule has 0 saturated heterocycles. The molecule has 0 amide bonds. The number of aromatic nitrogens is 1. The van der Waals surface area contributed by atoms with Crippen LogP contribution in [0.2, 0.25) is 0 Å². The van der Waals surface area contributed by atoms with Crippen molar-refractivity contribution in [2.24, 2.45) is 0 Å². The normalized spacial score (nSPS) is 10.8. The van der Waals surface area contributed by atoms with Crippen molar-refractivity contribution in [1.82, 2.24) is 4.57 Å². The maximum absolute atomic E-state index is 13.0. The third kappa shape index (κ3) is 3.30. The fourth-order valence-electron chi connectivity index (χ4n) is 3.53. The van der Waals surface area contributed by atoms with Gasteiger partial charge in [0.2, 0.25) is 0 Å². The van der Waals surface area contributed by atoms with Gasteiger partial charge in [0.25, 0.3) is 0 Å². The first-order valence-electron chi connectivity index (χ1n) is 9.21. The van der Waals surface area contributed by atoms with Crippen molar-refractivity contribution < 1.29 is 0 Å². The first-order chi connectivity index (χ1) is 13.7. The van der Waals surface area contributed by atoms with Gasteiger partial charge in [0, 0.05) is 27.8 Å². The van der Waals surface area contributed by atoms with E-state index in [0.717, 1.165) is 38.7 Å². The van der Waals surface area contributed by atoms with Crippen LogP contribution in [0.3, 0.4) is 0 Å². The van der Waals surface area contributed by atoms with E-state index in [4.69, 9.17) is 0 Å². The molecule has 0 radical (unpaired) electrons. The second-order valence-electron chi connectivity index (χ2n) is 6.60. The van der Waals surface area contributed by atoms with Crippen LogP contribution in [-0.4, -0.2) is 10.8 Å². The fraction of sp³-hybridized carbons (Fsp3) is 0.0800. The molecule has 0 atom stereocenters. The Balaban J connectivity index is 2.16. The lowest BCUT2D eigenvalue weighted by Crippen LogP contribution is -2.16. The van der Waals surface area contributed by atoms with E-state index in [-0.39, 0.29) is 5.43 Å². The van der Waals surface area contributed by atoms with Gasteiger partial charge in [0.15, 0.2) is 5.43 Å². The Bertz CT molecular complexity index is 1160. The number of benzene rings is 3. The number of rotatable bonds is 4. The average Bonchev–Trinajstić information content (AvgIpc) is 2.76. The van der Waals surface area contributed by atoms with Gasteiger partial charge >= 0.3 is 0 Å². The predicted octanol–water partition coefficient (Wildman–Crippen LogP) is 6.20. The minimum absolute atomic E-state index is 0.0527. The van der Waals surface area contributed by atoms with Crippen LogP contribution in [0.25, 0.3) is 28.2 Å². The summed E-state index contributed by atoms with van der Waals surface area (Å²) >= 11 is 1.70. The molecule has 4 aromatic rings. The largest absolute Gasteiger partial charge is 0.309 e. The molecule has 2 nitrogen and oxygen atoms in total. The van der Waals surface area contributed by atoms with Crippen LogP contribution in [0.1, 0.15) is 5.56 Å². The third-order valence-corrected chi connectivity index (χ3v) is 5.70. The van der Waals surface area contributed by atoms with E-state index in [1.165, 1.54) is 0 Å². The molecule has 4 rings (SSSR count). The van der Waals surface area contributed by atoms with Crippen molar-refractivity contribution in [2.75, 3.05) is 6.26 Å². The summed E-state index contributed by atoms with van der Waals surface area (Å²) in [6.07, 6.45) is 2.07. The lowest BCUT2D eigenvalue weighted by molar-refractivity contribution is 1.03. The van der Waals surface area contributed by atoms with Crippen LogP contribution in [-0.2, 0) is 0 Å². The predicted molar refractivity (Wildman–Crippen MR) is 119 cm³/mol. The molecule has 0 spiro atoms. The quantitative estimate of drug-likeness (QED) is 0.391. The molecule has 3 heteroatoms. The van der Waals surface area contributed by atoms with Gasteiger partial charge < -0.3 is 4.57 Å². The highest BCUT2D eigenvalue weighted by molar-refractivity contribution is 7.98. The molecule has 0 N–H and O–H groups in total. The molecule has 0 saturated carbocycles. The first kappa shape index (κ1) is 18.3. The van der Waals surface area contributed by atoms with E-state index in [2.05, 4.69) is 35.1 Å². The summed E-state index contributed by atoms with van der Waals surface area (Å²) in [6, 6.07) is 30.4. The molecule has 0 aliphatic rings. The summed E-state index contributed by atoms with van der Waals surface area (Å²) < 4.78 is 2.21. The Morgan fingerprint density at radius 1 is 0.786 bits per heavy atom. The molecular formula is C25H21NOS. The Kier molecular flexibility index (Phi) is 5.18. The molecule has 0 aliphatic carbocycles. The van der Waals surface area contributed by atoms with E-state index in [9.17, 15) is 4.79 Å². The number of hydrogen-bond acceptors (Lipinski definition) is 2. The Labute approximate surface area is 169 Å². The summed E-state index contributed by atoms with van der Waals surface area (Å²) in [6.45, 7) is 1.92. The highest BCUT2D eigenvalue weighted by atomic mass is 32.2. The van der Waals surface area contributed by atoms with E-state index in [0.29, 0.717) is 0 Å². The molecule has 138 valence electrons. The molecule has 1 aromatic heterocycles. The average molecular weight is 384 g/mol. The van der Waals surface area contributed by atoms with Crippen molar-refractivity contribution >= 4 is 11.8 Å². The van der Waals surface area contributed by atoms with Gasteiger partial charge in [-0.3, -0.25) is 4.79 Å². The zero-order chi connectivity index (χ0) is 19.5. The van der Waals surface area contributed by atoms with Crippen LogP contribution in [0.4, 0.5) is 0 Å². The standard InChI is InChI=1S/C25H21NOS/c1-18-23(27)17-22(19-11-5-3-6-12-19)26(20-13-7-4-8-14-20)25(18)21-15-9-10-16-24(21)28-2/h3-17H,1-2H3. The van der Waals surface area contributed by atoms with Crippen LogP contribution in [0, 0.1) is 6.92 Å². The van der Waals surface area contributed by atoms with Crippen molar-refractivity contribution in [2.45, 2.75) is 11.8 Å². The van der Waals surface area contributed by atoms with Gasteiger partial charge in [-0.25, -0.2) is 0 Å². The summed E-state index contributed by atoms with van der Waals surface area (Å²) in [5.41, 5.74) is 5.78. The minimum atomic E-state index is 0.0527. The monoisotopic (exact) mass is 383 g/mol. The Hall–Kier alpha value is -3.04. The van der Waals surface area contributed by atoms with Crippen LogP contribution < -0.4 is 5.43 Å². The van der Waals surface area contributed by atoms with Crippen molar-refractivity contribution in [3.63, 3.8) is 0 Å². The molecular weight excluding hydrogens is 362 g/mol. The third-order valence-electron chi connectivity index (χ3n) is 4.90. The molecule has 28 heavy (non-hydrogen) atoms. The van der Waals surface area contributed by atoms with Gasteiger partial charge in [0.1, 0.15) is 0 Å². The van der Waals surface area contributed by atoms with E-state index in [1.54, 1.807) is 17.8 Å². The molecule has 3 aromatic carbocycles. The summed E-state index contributed by atoms with van der Waals surface area (Å²) in [5.74, 6) is 0. The van der Waals surface area contributed by atoms with Gasteiger partial charge in [-0.05, 0) is 36.9 Å². The fourth-order valence-corrected chi connectivity index (χ4v) is 4.13. The van der Waals surface area contributed by atoms with Crippen molar-refractivity contribution in [1.29, 1.82) is 0 Å². The highest BCUT2D eigenvalue weighted by Crippen LogP contribution is 2.35. The first-order valence-corrected chi connectivity index (χ1v) is 10.4. The van der Waals surface area contributed by atoms with Gasteiger partial charge in [-0.2, -0.15) is 0 Å². The van der Waals surface area contributed by atoms with Gasteiger partial charge in [0.05, 0.1) is 11.4 Å². The van der Waals surface area contributed by atoms with E-state index < -0.39 is 0 Å². The van der Waals surface area contributed by atoms with E-state index in [1.807, 2.05) is 67.6 Å². The SMILES string of the molecule is CSc1ccccc1-c1c(C)c(=O)cc(-c2ccccc2)n1-c1ccccc1. The second kappa shape index (κ2) is 7.91. The van der Waals surface area contributed by atoms with Crippen LogP contribution in [0.5, 0.6) is 0 Å². The molecule has 0 fully saturated rings. The van der Waals surface area contributed by atoms with Gasteiger partial charge in [-0.1, -0.05) is 66.7 Å². The molecule has 0 aliphatic heterocycles. The van der Waals surface area contributed by atoms with Crippen molar-refractivity contribution in [3.8, 4) is 28.2 Å².